The van der Waals surface area contributed by atoms with Gasteiger partial charge in [0.05, 0.1) is 11.6 Å². The highest BCUT2D eigenvalue weighted by Crippen LogP contribution is 2.34. The van der Waals surface area contributed by atoms with Crippen molar-refractivity contribution in [2.75, 3.05) is 0 Å². The third kappa shape index (κ3) is 2.41. The quantitative estimate of drug-likeness (QED) is 0.914. The molecule has 1 unspecified atom stereocenters. The van der Waals surface area contributed by atoms with E-state index in [0.717, 1.165) is 35.1 Å². The van der Waals surface area contributed by atoms with Crippen molar-refractivity contribution in [2.45, 2.75) is 38.3 Å². The van der Waals surface area contributed by atoms with Gasteiger partial charge < -0.3 is 15.5 Å². The molecule has 1 aromatic heterocycles. The Morgan fingerprint density at radius 1 is 1.40 bits per heavy atom. The summed E-state index contributed by atoms with van der Waals surface area (Å²) in [6.07, 6.45) is 1.54. The SMILES string of the molecule is Cc1c(C(C)NC(=O)C2(N)CC2)oc2ccccc12.Cl. The second-order valence-electron chi connectivity index (χ2n) is 5.44. The zero-order valence-electron chi connectivity index (χ0n) is 11.6. The van der Waals surface area contributed by atoms with E-state index < -0.39 is 5.54 Å². The van der Waals surface area contributed by atoms with Gasteiger partial charge in [-0.2, -0.15) is 0 Å². The maximum atomic E-state index is 12.0. The molecule has 4 nitrogen and oxygen atoms in total. The van der Waals surface area contributed by atoms with Crippen LogP contribution >= 0.6 is 12.4 Å². The Hall–Kier alpha value is -1.52. The summed E-state index contributed by atoms with van der Waals surface area (Å²) in [6, 6.07) is 7.72. The van der Waals surface area contributed by atoms with Crippen molar-refractivity contribution in [3.8, 4) is 0 Å². The van der Waals surface area contributed by atoms with Gasteiger partial charge in [-0.25, -0.2) is 0 Å². The molecule has 1 heterocycles. The number of nitrogens with two attached hydrogens (primary N) is 1. The molecule has 0 spiro atoms. The van der Waals surface area contributed by atoms with Crippen LogP contribution in [0, 0.1) is 6.92 Å². The number of amides is 1. The summed E-state index contributed by atoms with van der Waals surface area (Å²) in [7, 11) is 0. The smallest absolute Gasteiger partial charge is 0.240 e. The number of aryl methyl sites for hydroxylation is 1. The van der Waals surface area contributed by atoms with Gasteiger partial charge in [0.25, 0.3) is 0 Å². The van der Waals surface area contributed by atoms with Gasteiger partial charge in [0.2, 0.25) is 5.91 Å². The number of furan rings is 1. The van der Waals surface area contributed by atoms with Crippen molar-refractivity contribution in [2.24, 2.45) is 5.73 Å². The number of nitrogens with one attached hydrogen (secondary N) is 1. The van der Waals surface area contributed by atoms with E-state index in [0.29, 0.717) is 0 Å². The van der Waals surface area contributed by atoms with E-state index in [2.05, 4.69) is 5.32 Å². The number of para-hydroxylation sites is 1. The van der Waals surface area contributed by atoms with E-state index in [1.807, 2.05) is 38.1 Å². The van der Waals surface area contributed by atoms with Crippen LogP contribution in [-0.4, -0.2) is 11.4 Å². The molecule has 1 atom stereocenters. The van der Waals surface area contributed by atoms with Crippen molar-refractivity contribution in [3.63, 3.8) is 0 Å². The highest BCUT2D eigenvalue weighted by Gasteiger charge is 2.46. The topological polar surface area (TPSA) is 68.3 Å². The molecule has 1 aromatic carbocycles. The Morgan fingerprint density at radius 2 is 2.05 bits per heavy atom. The number of halogens is 1. The highest BCUT2D eigenvalue weighted by molar-refractivity contribution is 5.89. The monoisotopic (exact) mass is 294 g/mol. The van der Waals surface area contributed by atoms with Crippen LogP contribution in [0.3, 0.4) is 0 Å². The lowest BCUT2D eigenvalue weighted by atomic mass is 10.1. The van der Waals surface area contributed by atoms with Crippen LogP contribution in [-0.2, 0) is 4.79 Å². The van der Waals surface area contributed by atoms with E-state index in [1.165, 1.54) is 0 Å². The number of benzene rings is 1. The maximum Gasteiger partial charge on any atom is 0.240 e. The molecule has 2 aromatic rings. The molecular weight excluding hydrogens is 276 g/mol. The first kappa shape index (κ1) is 14.9. The molecule has 0 saturated heterocycles. The van der Waals surface area contributed by atoms with Crippen molar-refractivity contribution < 1.29 is 9.21 Å². The van der Waals surface area contributed by atoms with Gasteiger partial charge in [0.1, 0.15) is 11.3 Å². The van der Waals surface area contributed by atoms with Gasteiger partial charge in [-0.15, -0.1) is 12.4 Å². The Bertz CT molecular complexity index is 646. The van der Waals surface area contributed by atoms with Crippen molar-refractivity contribution in [1.82, 2.24) is 5.32 Å². The standard InChI is InChI=1S/C15H18N2O2.ClH/c1-9-11-5-3-4-6-12(11)19-13(9)10(2)17-14(18)15(16)7-8-15;/h3-6,10H,7-8,16H2,1-2H3,(H,17,18);1H. The van der Waals surface area contributed by atoms with E-state index in [9.17, 15) is 4.79 Å². The van der Waals surface area contributed by atoms with Crippen LogP contribution in [0.4, 0.5) is 0 Å². The number of carbonyl (C=O) groups excluding carboxylic acids is 1. The fraction of sp³-hybridized carbons (Fsp3) is 0.400. The van der Waals surface area contributed by atoms with Crippen LogP contribution in [0.25, 0.3) is 11.0 Å². The zero-order chi connectivity index (χ0) is 13.6. The summed E-state index contributed by atoms with van der Waals surface area (Å²) in [5.74, 6) is 0.721. The summed E-state index contributed by atoms with van der Waals surface area (Å²) in [6.45, 7) is 3.94. The summed E-state index contributed by atoms with van der Waals surface area (Å²) < 4.78 is 5.84. The molecule has 1 aliphatic carbocycles. The highest BCUT2D eigenvalue weighted by atomic mass is 35.5. The first-order chi connectivity index (χ1) is 9.01. The molecule has 0 aliphatic heterocycles. The van der Waals surface area contributed by atoms with Crippen molar-refractivity contribution in [1.29, 1.82) is 0 Å². The Balaban J connectivity index is 0.00000147. The van der Waals surface area contributed by atoms with Gasteiger partial charge in [-0.3, -0.25) is 4.79 Å². The number of hydrogen-bond donors (Lipinski definition) is 2. The molecule has 3 rings (SSSR count). The molecule has 1 fully saturated rings. The summed E-state index contributed by atoms with van der Waals surface area (Å²) in [4.78, 5) is 12.0. The Labute approximate surface area is 124 Å². The zero-order valence-corrected chi connectivity index (χ0v) is 12.4. The number of hydrogen-bond acceptors (Lipinski definition) is 3. The van der Waals surface area contributed by atoms with Gasteiger partial charge >= 0.3 is 0 Å². The lowest BCUT2D eigenvalue weighted by Gasteiger charge is -2.15. The number of carbonyl (C=O) groups is 1. The van der Waals surface area contributed by atoms with E-state index >= 15 is 0 Å². The van der Waals surface area contributed by atoms with Crippen LogP contribution in [0.5, 0.6) is 0 Å². The Morgan fingerprint density at radius 3 is 2.65 bits per heavy atom. The first-order valence-corrected chi connectivity index (χ1v) is 6.59. The predicted octanol–water partition coefficient (Wildman–Crippen LogP) is 2.83. The molecule has 1 saturated carbocycles. The van der Waals surface area contributed by atoms with Crippen molar-refractivity contribution in [3.05, 3.63) is 35.6 Å². The second-order valence-corrected chi connectivity index (χ2v) is 5.44. The fourth-order valence-electron chi connectivity index (χ4n) is 2.37. The van der Waals surface area contributed by atoms with Crippen LogP contribution < -0.4 is 11.1 Å². The second kappa shape index (κ2) is 5.11. The lowest BCUT2D eigenvalue weighted by Crippen LogP contribution is -2.43. The van der Waals surface area contributed by atoms with Gasteiger partial charge in [-0.1, -0.05) is 18.2 Å². The fourth-order valence-corrected chi connectivity index (χ4v) is 2.37. The third-order valence-electron chi connectivity index (χ3n) is 3.86. The molecule has 0 radical (unpaired) electrons. The summed E-state index contributed by atoms with van der Waals surface area (Å²) in [5, 5.41) is 4.03. The molecule has 108 valence electrons. The van der Waals surface area contributed by atoms with E-state index in [4.69, 9.17) is 10.2 Å². The normalized spacial score (nSPS) is 17.4. The Kier molecular flexibility index (Phi) is 3.80. The minimum Gasteiger partial charge on any atom is -0.459 e. The minimum atomic E-state index is -0.645. The van der Waals surface area contributed by atoms with E-state index in [1.54, 1.807) is 0 Å². The lowest BCUT2D eigenvalue weighted by molar-refractivity contribution is -0.124. The minimum absolute atomic E-state index is 0. The molecule has 3 N–H and O–H groups in total. The van der Waals surface area contributed by atoms with Gasteiger partial charge in [0.15, 0.2) is 0 Å². The van der Waals surface area contributed by atoms with Crippen LogP contribution in [0.2, 0.25) is 0 Å². The molecule has 1 aliphatic rings. The first-order valence-electron chi connectivity index (χ1n) is 6.59. The molecule has 1 amide bonds. The van der Waals surface area contributed by atoms with E-state index in [-0.39, 0.29) is 24.4 Å². The predicted molar refractivity (Wildman–Crippen MR) is 80.9 cm³/mol. The van der Waals surface area contributed by atoms with Crippen LogP contribution in [0.15, 0.2) is 28.7 Å². The molecular formula is C15H19ClN2O2. The molecule has 20 heavy (non-hydrogen) atoms. The van der Waals surface area contributed by atoms with Gasteiger partial charge in [0, 0.05) is 10.9 Å². The third-order valence-corrected chi connectivity index (χ3v) is 3.86. The molecule has 0 bridgehead atoms. The van der Waals surface area contributed by atoms with Crippen LogP contribution in [0.1, 0.15) is 37.1 Å². The van der Waals surface area contributed by atoms with Crippen molar-refractivity contribution >= 4 is 29.3 Å². The number of rotatable bonds is 3. The summed E-state index contributed by atoms with van der Waals surface area (Å²) in [5.41, 5.74) is 7.17. The molecule has 5 heteroatoms. The maximum absolute atomic E-state index is 12.0. The summed E-state index contributed by atoms with van der Waals surface area (Å²) >= 11 is 0. The number of fused-ring (bicyclic) bond motifs is 1. The largest absolute Gasteiger partial charge is 0.459 e. The average molecular weight is 295 g/mol. The average Bonchev–Trinajstić information content (AvgIpc) is 3.06. The van der Waals surface area contributed by atoms with Gasteiger partial charge in [-0.05, 0) is 32.8 Å².